The predicted molar refractivity (Wildman–Crippen MR) is 43.7 cm³/mol. The van der Waals surface area contributed by atoms with E-state index in [1.165, 1.54) is 6.20 Å². The molecule has 0 saturated heterocycles. The van der Waals surface area contributed by atoms with Gasteiger partial charge in [0.25, 0.3) is 0 Å². The summed E-state index contributed by atoms with van der Waals surface area (Å²) in [5.41, 5.74) is 0.670. The van der Waals surface area contributed by atoms with Gasteiger partial charge in [-0.15, -0.1) is 0 Å². The first-order valence-corrected chi connectivity index (χ1v) is 3.15. The second-order valence-corrected chi connectivity index (χ2v) is 2.00. The molecule has 0 atom stereocenters. The third kappa shape index (κ3) is 1.84. The summed E-state index contributed by atoms with van der Waals surface area (Å²) in [6, 6.07) is 6.88. The van der Waals surface area contributed by atoms with Crippen LogP contribution in [0.1, 0.15) is 5.56 Å². The quantitative estimate of drug-likeness (QED) is 0.602. The summed E-state index contributed by atoms with van der Waals surface area (Å²) >= 11 is 0. The Kier molecular flexibility index (Phi) is 2.29. The predicted octanol–water partition coefficient (Wildman–Crippen LogP) is 2.28. The average Bonchev–Trinajstić information content (AvgIpc) is 2.03. The fourth-order valence-electron chi connectivity index (χ4n) is 0.746. The molecular weight excluding hydrogens is 138 g/mol. The Bertz CT molecular complexity index is 310. The highest BCUT2D eigenvalue weighted by Crippen LogP contribution is 2.16. The molecule has 0 saturated carbocycles. The number of rotatable bonds is 1. The summed E-state index contributed by atoms with van der Waals surface area (Å²) in [5, 5.41) is 9.18. The SMILES string of the molecule is [C-]#[N+]C=Cc1ccccc1O. The van der Waals surface area contributed by atoms with Crippen LogP contribution in [0.4, 0.5) is 0 Å². The zero-order valence-corrected chi connectivity index (χ0v) is 5.86. The van der Waals surface area contributed by atoms with Crippen molar-refractivity contribution in [2.24, 2.45) is 0 Å². The molecule has 0 aliphatic heterocycles. The van der Waals surface area contributed by atoms with Gasteiger partial charge in [-0.05, 0) is 6.07 Å². The Morgan fingerprint density at radius 3 is 2.73 bits per heavy atom. The summed E-state index contributed by atoms with van der Waals surface area (Å²) in [7, 11) is 0. The molecule has 1 N–H and O–H groups in total. The largest absolute Gasteiger partial charge is 0.507 e. The van der Waals surface area contributed by atoms with E-state index in [0.717, 1.165) is 0 Å². The van der Waals surface area contributed by atoms with E-state index in [1.54, 1.807) is 24.3 Å². The topological polar surface area (TPSA) is 24.6 Å². The normalized spacial score (nSPS) is 9.73. The van der Waals surface area contributed by atoms with Crippen LogP contribution in [0.2, 0.25) is 0 Å². The maximum absolute atomic E-state index is 9.18. The van der Waals surface area contributed by atoms with Crippen molar-refractivity contribution in [3.63, 3.8) is 0 Å². The Morgan fingerprint density at radius 1 is 1.36 bits per heavy atom. The number of para-hydroxylation sites is 1. The number of phenols is 1. The Balaban J connectivity index is 2.97. The van der Waals surface area contributed by atoms with Gasteiger partial charge < -0.3 is 5.11 Å². The molecule has 1 aromatic rings. The van der Waals surface area contributed by atoms with E-state index < -0.39 is 0 Å². The summed E-state index contributed by atoms with van der Waals surface area (Å²) in [6.07, 6.45) is 2.89. The van der Waals surface area contributed by atoms with Crippen LogP contribution >= 0.6 is 0 Å². The summed E-state index contributed by atoms with van der Waals surface area (Å²) < 4.78 is 0. The number of hydrogen-bond acceptors (Lipinski definition) is 1. The van der Waals surface area contributed by atoms with Gasteiger partial charge in [0, 0.05) is 5.56 Å². The van der Waals surface area contributed by atoms with Crippen LogP contribution < -0.4 is 0 Å². The van der Waals surface area contributed by atoms with E-state index in [4.69, 9.17) is 6.57 Å². The monoisotopic (exact) mass is 145 g/mol. The van der Waals surface area contributed by atoms with E-state index >= 15 is 0 Å². The van der Waals surface area contributed by atoms with Crippen LogP contribution in [0.15, 0.2) is 30.5 Å². The van der Waals surface area contributed by atoms with Crippen molar-refractivity contribution in [1.82, 2.24) is 0 Å². The highest BCUT2D eigenvalue weighted by atomic mass is 16.3. The summed E-state index contributed by atoms with van der Waals surface area (Å²) in [6.45, 7) is 6.48. The van der Waals surface area contributed by atoms with Gasteiger partial charge in [-0.2, -0.15) is 0 Å². The van der Waals surface area contributed by atoms with Crippen LogP contribution in [0.5, 0.6) is 5.75 Å². The second kappa shape index (κ2) is 3.43. The maximum Gasteiger partial charge on any atom is 0.154 e. The van der Waals surface area contributed by atoms with Crippen molar-refractivity contribution in [3.05, 3.63) is 47.4 Å². The summed E-state index contributed by atoms with van der Waals surface area (Å²) in [5.74, 6) is 0.201. The lowest BCUT2D eigenvalue weighted by Crippen LogP contribution is -1.70. The number of benzene rings is 1. The minimum absolute atomic E-state index is 0.201. The Morgan fingerprint density at radius 2 is 2.09 bits per heavy atom. The fourth-order valence-corrected chi connectivity index (χ4v) is 0.746. The van der Waals surface area contributed by atoms with Gasteiger partial charge in [-0.25, -0.2) is 4.85 Å². The van der Waals surface area contributed by atoms with Gasteiger partial charge in [-0.1, -0.05) is 24.3 Å². The molecule has 0 heterocycles. The first-order valence-electron chi connectivity index (χ1n) is 3.15. The molecule has 0 radical (unpaired) electrons. The van der Waals surface area contributed by atoms with E-state index in [0.29, 0.717) is 5.56 Å². The molecular formula is C9H7NO. The molecule has 0 spiro atoms. The van der Waals surface area contributed by atoms with Gasteiger partial charge in [-0.3, -0.25) is 0 Å². The first-order chi connectivity index (χ1) is 5.34. The molecule has 0 aliphatic carbocycles. The molecule has 11 heavy (non-hydrogen) atoms. The molecule has 0 unspecified atom stereocenters. The van der Waals surface area contributed by atoms with Gasteiger partial charge in [0.05, 0.1) is 6.57 Å². The highest BCUT2D eigenvalue weighted by molar-refractivity contribution is 5.56. The molecule has 2 nitrogen and oxygen atoms in total. The third-order valence-electron chi connectivity index (χ3n) is 1.27. The van der Waals surface area contributed by atoms with Crippen molar-refractivity contribution in [2.75, 3.05) is 0 Å². The molecule has 2 heteroatoms. The third-order valence-corrected chi connectivity index (χ3v) is 1.27. The second-order valence-electron chi connectivity index (χ2n) is 2.00. The molecule has 0 aromatic heterocycles. The van der Waals surface area contributed by atoms with Crippen molar-refractivity contribution < 1.29 is 5.11 Å². The highest BCUT2D eigenvalue weighted by Gasteiger charge is 1.91. The van der Waals surface area contributed by atoms with E-state index in [2.05, 4.69) is 4.85 Å². The zero-order chi connectivity index (χ0) is 8.10. The molecule has 54 valence electrons. The van der Waals surface area contributed by atoms with Crippen molar-refractivity contribution in [2.45, 2.75) is 0 Å². The molecule has 0 aliphatic rings. The molecule has 0 fully saturated rings. The zero-order valence-electron chi connectivity index (χ0n) is 5.86. The van der Waals surface area contributed by atoms with Crippen LogP contribution in [0.3, 0.4) is 0 Å². The standard InChI is InChI=1S/C9H7NO/c1-10-7-6-8-4-2-3-5-9(8)11/h2-7,11H. The maximum atomic E-state index is 9.18. The number of phenolic OH excluding ortho intramolecular Hbond substituents is 1. The fraction of sp³-hybridized carbons (Fsp3) is 0. The smallest absolute Gasteiger partial charge is 0.154 e. The Hall–Kier alpha value is -1.75. The molecule has 1 rings (SSSR count). The number of nitrogens with zero attached hydrogens (tertiary/aromatic N) is 1. The van der Waals surface area contributed by atoms with Crippen LogP contribution in [0, 0.1) is 6.57 Å². The number of aromatic hydroxyl groups is 1. The van der Waals surface area contributed by atoms with Crippen LogP contribution in [-0.2, 0) is 0 Å². The lowest BCUT2D eigenvalue weighted by molar-refractivity contribution is 0.474. The average molecular weight is 145 g/mol. The van der Waals surface area contributed by atoms with Crippen LogP contribution in [-0.4, -0.2) is 5.11 Å². The molecule has 0 bridgehead atoms. The van der Waals surface area contributed by atoms with Gasteiger partial charge >= 0.3 is 0 Å². The summed E-state index contributed by atoms with van der Waals surface area (Å²) in [4.78, 5) is 3.03. The van der Waals surface area contributed by atoms with Gasteiger partial charge in [0.2, 0.25) is 0 Å². The molecule has 1 aromatic carbocycles. The lowest BCUT2D eigenvalue weighted by Gasteiger charge is -1.94. The van der Waals surface area contributed by atoms with Crippen molar-refractivity contribution in [1.29, 1.82) is 0 Å². The lowest BCUT2D eigenvalue weighted by atomic mass is 10.2. The first kappa shape index (κ1) is 7.36. The number of hydrogen-bond donors (Lipinski definition) is 1. The van der Waals surface area contributed by atoms with Crippen molar-refractivity contribution in [3.8, 4) is 5.75 Å². The minimum atomic E-state index is 0.201. The van der Waals surface area contributed by atoms with Gasteiger partial charge in [0.1, 0.15) is 5.75 Å². The van der Waals surface area contributed by atoms with Gasteiger partial charge in [0.15, 0.2) is 6.20 Å². The van der Waals surface area contributed by atoms with Crippen molar-refractivity contribution >= 4 is 6.08 Å². The van der Waals surface area contributed by atoms with E-state index in [9.17, 15) is 5.11 Å². The van der Waals surface area contributed by atoms with E-state index in [-0.39, 0.29) is 5.75 Å². The van der Waals surface area contributed by atoms with Crippen LogP contribution in [0.25, 0.3) is 10.9 Å². The Labute approximate surface area is 65.2 Å². The minimum Gasteiger partial charge on any atom is -0.507 e. The molecule has 0 amide bonds. The van der Waals surface area contributed by atoms with E-state index in [1.807, 2.05) is 6.07 Å².